The predicted octanol–water partition coefficient (Wildman–Crippen LogP) is 3.42. The summed E-state index contributed by atoms with van der Waals surface area (Å²) in [5.74, 6) is 0.885. The molecule has 1 atom stereocenters. The molecule has 2 saturated heterocycles. The van der Waals surface area contributed by atoms with E-state index in [1.54, 1.807) is 0 Å². The summed E-state index contributed by atoms with van der Waals surface area (Å²) in [5, 5.41) is 3.11. The summed E-state index contributed by atoms with van der Waals surface area (Å²) < 4.78 is 5.60. The van der Waals surface area contributed by atoms with Crippen LogP contribution >= 0.6 is 0 Å². The van der Waals surface area contributed by atoms with Gasteiger partial charge in [0.15, 0.2) is 0 Å². The van der Waals surface area contributed by atoms with Gasteiger partial charge in [-0.3, -0.25) is 4.90 Å². The molecule has 25 heavy (non-hydrogen) atoms. The molecule has 5 heteroatoms. The zero-order valence-corrected chi connectivity index (χ0v) is 15.5. The van der Waals surface area contributed by atoms with E-state index in [0.29, 0.717) is 6.04 Å². The van der Waals surface area contributed by atoms with Crippen molar-refractivity contribution in [3.8, 4) is 5.75 Å². The van der Waals surface area contributed by atoms with Crippen LogP contribution in [0.25, 0.3) is 0 Å². The van der Waals surface area contributed by atoms with Crippen LogP contribution in [-0.4, -0.2) is 54.7 Å². The number of carbonyl (C=O) groups is 1. The van der Waals surface area contributed by atoms with Crippen LogP contribution in [-0.2, 0) is 0 Å². The van der Waals surface area contributed by atoms with Crippen LogP contribution < -0.4 is 10.1 Å². The average molecular weight is 345 g/mol. The zero-order valence-electron chi connectivity index (χ0n) is 15.5. The van der Waals surface area contributed by atoms with E-state index in [2.05, 4.69) is 17.1 Å². The van der Waals surface area contributed by atoms with Gasteiger partial charge >= 0.3 is 6.03 Å². The second kappa shape index (κ2) is 8.56. The van der Waals surface area contributed by atoms with Crippen molar-refractivity contribution in [1.82, 2.24) is 15.1 Å². The fourth-order valence-electron chi connectivity index (χ4n) is 3.57. The first kappa shape index (κ1) is 18.1. The van der Waals surface area contributed by atoms with Gasteiger partial charge in [-0.2, -0.15) is 0 Å². The van der Waals surface area contributed by atoms with Crippen molar-refractivity contribution in [2.24, 2.45) is 0 Å². The Hall–Kier alpha value is -1.75. The lowest BCUT2D eigenvalue weighted by atomic mass is 10.0. The van der Waals surface area contributed by atoms with Crippen molar-refractivity contribution in [3.05, 3.63) is 29.8 Å². The fraction of sp³-hybridized carbons (Fsp3) is 0.650. The van der Waals surface area contributed by atoms with Gasteiger partial charge in [0.2, 0.25) is 0 Å². The average Bonchev–Trinajstić information content (AvgIpc) is 2.60. The van der Waals surface area contributed by atoms with E-state index in [1.165, 1.54) is 32.4 Å². The normalized spacial score (nSPS) is 20.0. The molecule has 0 aliphatic carbocycles. The summed E-state index contributed by atoms with van der Waals surface area (Å²) in [6, 6.07) is 8.63. The number of benzene rings is 1. The Bertz CT molecular complexity index is 549. The van der Waals surface area contributed by atoms with Crippen LogP contribution in [0.2, 0.25) is 0 Å². The van der Waals surface area contributed by atoms with Gasteiger partial charge in [-0.05, 0) is 57.0 Å². The standard InChI is InChI=1S/C20H31N3O2/c1-3-13-25-19-9-7-17(8-10-19)16(2)21-20(24)23-14-18(15-23)22-11-5-4-6-12-22/h7-10,16,18H,3-6,11-15H2,1-2H3,(H,21,24)/t16-/m0/s1. The number of hydrogen-bond donors (Lipinski definition) is 1. The number of ether oxygens (including phenoxy) is 1. The van der Waals surface area contributed by atoms with Crippen LogP contribution in [0.5, 0.6) is 5.75 Å². The summed E-state index contributed by atoms with van der Waals surface area (Å²) in [6.07, 6.45) is 4.96. The van der Waals surface area contributed by atoms with Gasteiger partial charge in [-0.1, -0.05) is 25.5 Å². The molecule has 2 amide bonds. The van der Waals surface area contributed by atoms with Gasteiger partial charge in [0.25, 0.3) is 0 Å². The summed E-state index contributed by atoms with van der Waals surface area (Å²) in [5.41, 5.74) is 1.10. The van der Waals surface area contributed by atoms with E-state index in [-0.39, 0.29) is 12.1 Å². The number of hydrogen-bond acceptors (Lipinski definition) is 3. The minimum Gasteiger partial charge on any atom is -0.494 e. The van der Waals surface area contributed by atoms with Crippen molar-refractivity contribution in [2.45, 2.75) is 51.6 Å². The quantitative estimate of drug-likeness (QED) is 0.859. The first-order chi connectivity index (χ1) is 12.2. The topological polar surface area (TPSA) is 44.8 Å². The van der Waals surface area contributed by atoms with Gasteiger partial charge in [0.05, 0.1) is 12.6 Å². The maximum Gasteiger partial charge on any atom is 0.317 e. The van der Waals surface area contributed by atoms with Crippen molar-refractivity contribution >= 4 is 6.03 Å². The molecular weight excluding hydrogens is 314 g/mol. The minimum atomic E-state index is 0.00163. The fourth-order valence-corrected chi connectivity index (χ4v) is 3.57. The molecule has 1 aromatic carbocycles. The minimum absolute atomic E-state index is 0.00163. The molecule has 0 radical (unpaired) electrons. The number of amides is 2. The lowest BCUT2D eigenvalue weighted by Gasteiger charge is -2.46. The first-order valence-corrected chi connectivity index (χ1v) is 9.69. The number of urea groups is 1. The van der Waals surface area contributed by atoms with Crippen LogP contribution in [0.1, 0.15) is 51.1 Å². The van der Waals surface area contributed by atoms with Crippen LogP contribution in [0.4, 0.5) is 4.79 Å². The molecule has 2 fully saturated rings. The van der Waals surface area contributed by atoms with Crippen molar-refractivity contribution in [3.63, 3.8) is 0 Å². The van der Waals surface area contributed by atoms with Gasteiger partial charge < -0.3 is 15.0 Å². The lowest BCUT2D eigenvalue weighted by molar-refractivity contribution is 0.0444. The molecule has 0 bridgehead atoms. The maximum absolute atomic E-state index is 12.4. The van der Waals surface area contributed by atoms with Crippen molar-refractivity contribution in [1.29, 1.82) is 0 Å². The smallest absolute Gasteiger partial charge is 0.317 e. The van der Waals surface area contributed by atoms with E-state index in [4.69, 9.17) is 4.74 Å². The van der Waals surface area contributed by atoms with Crippen LogP contribution in [0.15, 0.2) is 24.3 Å². The monoisotopic (exact) mass is 345 g/mol. The highest BCUT2D eigenvalue weighted by atomic mass is 16.5. The third kappa shape index (κ3) is 4.66. The van der Waals surface area contributed by atoms with E-state index in [1.807, 2.05) is 36.1 Å². The molecule has 2 aliphatic heterocycles. The highest BCUT2D eigenvalue weighted by Gasteiger charge is 2.35. The second-order valence-corrected chi connectivity index (χ2v) is 7.24. The molecule has 0 spiro atoms. The predicted molar refractivity (Wildman–Crippen MR) is 100.0 cm³/mol. The molecule has 3 rings (SSSR count). The molecule has 2 aliphatic rings. The summed E-state index contributed by atoms with van der Waals surface area (Å²) in [7, 11) is 0. The summed E-state index contributed by atoms with van der Waals surface area (Å²) in [4.78, 5) is 16.9. The molecule has 0 saturated carbocycles. The molecule has 1 aromatic rings. The van der Waals surface area contributed by atoms with Crippen LogP contribution in [0.3, 0.4) is 0 Å². The molecule has 0 aromatic heterocycles. The highest BCUT2D eigenvalue weighted by Crippen LogP contribution is 2.22. The number of likely N-dealkylation sites (tertiary alicyclic amines) is 2. The van der Waals surface area contributed by atoms with Crippen molar-refractivity contribution < 1.29 is 9.53 Å². The number of rotatable bonds is 6. The Morgan fingerprint density at radius 3 is 2.52 bits per heavy atom. The maximum atomic E-state index is 12.4. The number of nitrogens with zero attached hydrogens (tertiary/aromatic N) is 2. The van der Waals surface area contributed by atoms with E-state index in [9.17, 15) is 4.79 Å². The second-order valence-electron chi connectivity index (χ2n) is 7.24. The number of carbonyl (C=O) groups excluding carboxylic acids is 1. The summed E-state index contributed by atoms with van der Waals surface area (Å²) in [6.45, 7) is 8.98. The number of piperidine rings is 1. The highest BCUT2D eigenvalue weighted by molar-refractivity contribution is 5.75. The van der Waals surface area contributed by atoms with Crippen LogP contribution in [0, 0.1) is 0 Å². The SMILES string of the molecule is CCCOc1ccc([C@H](C)NC(=O)N2CC(N3CCCCC3)C2)cc1. The zero-order chi connectivity index (χ0) is 17.6. The first-order valence-electron chi connectivity index (χ1n) is 9.69. The Kier molecular flexibility index (Phi) is 6.19. The number of nitrogens with one attached hydrogen (secondary N) is 1. The third-order valence-electron chi connectivity index (χ3n) is 5.25. The Morgan fingerprint density at radius 2 is 1.88 bits per heavy atom. The Labute approximate surface area is 151 Å². The van der Waals surface area contributed by atoms with Gasteiger partial charge in [0.1, 0.15) is 5.75 Å². The molecular formula is C20H31N3O2. The van der Waals surface area contributed by atoms with E-state index in [0.717, 1.165) is 37.4 Å². The van der Waals surface area contributed by atoms with Gasteiger partial charge in [-0.15, -0.1) is 0 Å². The molecule has 1 N–H and O–H groups in total. The molecule has 2 heterocycles. The van der Waals surface area contributed by atoms with Gasteiger partial charge in [-0.25, -0.2) is 4.79 Å². The molecule has 0 unspecified atom stereocenters. The Morgan fingerprint density at radius 1 is 1.20 bits per heavy atom. The van der Waals surface area contributed by atoms with E-state index < -0.39 is 0 Å². The third-order valence-corrected chi connectivity index (χ3v) is 5.25. The van der Waals surface area contributed by atoms with Crippen molar-refractivity contribution in [2.75, 3.05) is 32.8 Å². The largest absolute Gasteiger partial charge is 0.494 e. The molecule has 138 valence electrons. The van der Waals surface area contributed by atoms with Gasteiger partial charge in [0, 0.05) is 19.1 Å². The summed E-state index contributed by atoms with van der Waals surface area (Å²) >= 11 is 0. The molecule has 5 nitrogen and oxygen atoms in total. The lowest BCUT2D eigenvalue weighted by Crippen LogP contribution is -2.63. The van der Waals surface area contributed by atoms with E-state index >= 15 is 0 Å². The Balaban J connectivity index is 1.43.